The lowest BCUT2D eigenvalue weighted by atomic mass is 10.3. The van der Waals surface area contributed by atoms with Gasteiger partial charge in [-0.15, -0.1) is 11.8 Å². The van der Waals surface area contributed by atoms with Gasteiger partial charge in [-0.1, -0.05) is 24.4 Å². The molecule has 1 aliphatic carbocycles. The summed E-state index contributed by atoms with van der Waals surface area (Å²) >= 11 is 7.88. The zero-order valence-electron chi connectivity index (χ0n) is 11.3. The molecule has 3 rings (SSSR count). The molecule has 0 bridgehead atoms. The number of nitrogen functional groups attached to an aromatic ring is 1. The van der Waals surface area contributed by atoms with Crippen LogP contribution in [0.5, 0.6) is 0 Å². The van der Waals surface area contributed by atoms with E-state index < -0.39 is 0 Å². The van der Waals surface area contributed by atoms with Gasteiger partial charge in [0, 0.05) is 22.5 Å². The van der Waals surface area contributed by atoms with Gasteiger partial charge in [0.2, 0.25) is 0 Å². The Morgan fingerprint density at radius 1 is 1.30 bits per heavy atom. The fraction of sp³-hybridized carbons (Fsp3) is 0.400. The average Bonchev–Trinajstić information content (AvgIpc) is 3.08. The first kappa shape index (κ1) is 13.8. The molecule has 2 N–H and O–H groups in total. The quantitative estimate of drug-likeness (QED) is 0.667. The van der Waals surface area contributed by atoms with E-state index in [1.54, 1.807) is 17.8 Å². The van der Waals surface area contributed by atoms with Crippen LogP contribution in [0.2, 0.25) is 5.02 Å². The molecule has 0 aliphatic heterocycles. The lowest BCUT2D eigenvalue weighted by Crippen LogP contribution is -2.05. The van der Waals surface area contributed by atoms with Crippen molar-refractivity contribution < 1.29 is 0 Å². The lowest BCUT2D eigenvalue weighted by molar-refractivity contribution is 0.464. The van der Waals surface area contributed by atoms with Crippen molar-refractivity contribution in [2.75, 3.05) is 5.73 Å². The summed E-state index contributed by atoms with van der Waals surface area (Å²) in [6.45, 7) is 0. The molecule has 0 amide bonds. The summed E-state index contributed by atoms with van der Waals surface area (Å²) in [6, 6.07) is 8.35. The van der Waals surface area contributed by atoms with Crippen LogP contribution in [0, 0.1) is 0 Å². The normalized spacial score (nSPS) is 15.8. The van der Waals surface area contributed by atoms with Crippen LogP contribution < -0.4 is 5.73 Å². The Morgan fingerprint density at radius 3 is 2.85 bits per heavy atom. The Hall–Kier alpha value is -1.13. The second-order valence-electron chi connectivity index (χ2n) is 5.20. The Bertz CT molecular complexity index is 591. The summed E-state index contributed by atoms with van der Waals surface area (Å²) in [7, 11) is 0. The van der Waals surface area contributed by atoms with Gasteiger partial charge >= 0.3 is 0 Å². The number of nitrogens with zero attached hydrogens (tertiary/aromatic N) is 2. The molecule has 0 radical (unpaired) electrons. The number of anilines is 1. The van der Waals surface area contributed by atoms with E-state index in [0.717, 1.165) is 16.3 Å². The summed E-state index contributed by atoms with van der Waals surface area (Å²) < 4.78 is 2.13. The van der Waals surface area contributed by atoms with Crippen molar-refractivity contribution in [2.45, 2.75) is 42.4 Å². The van der Waals surface area contributed by atoms with E-state index in [9.17, 15) is 0 Å². The van der Waals surface area contributed by atoms with Crippen molar-refractivity contribution in [3.05, 3.63) is 41.2 Å². The van der Waals surface area contributed by atoms with E-state index in [-0.39, 0.29) is 0 Å². The Morgan fingerprint density at radius 2 is 2.10 bits per heavy atom. The molecular formula is C15H18ClN3S. The van der Waals surface area contributed by atoms with Crippen molar-refractivity contribution in [3.63, 3.8) is 0 Å². The molecule has 0 saturated heterocycles. The molecule has 1 aliphatic rings. The summed E-state index contributed by atoms with van der Waals surface area (Å²) in [5, 5.41) is 5.40. The van der Waals surface area contributed by atoms with Crippen molar-refractivity contribution in [1.29, 1.82) is 0 Å². The minimum Gasteiger partial charge on any atom is -0.399 e. The summed E-state index contributed by atoms with van der Waals surface area (Å²) in [5.41, 5.74) is 7.50. The molecule has 0 unspecified atom stereocenters. The number of benzene rings is 1. The first-order valence-electron chi connectivity index (χ1n) is 6.94. The maximum atomic E-state index is 6.18. The third kappa shape index (κ3) is 3.13. The second kappa shape index (κ2) is 6.10. The molecule has 0 spiro atoms. The molecule has 1 heterocycles. The minimum atomic E-state index is 0.605. The van der Waals surface area contributed by atoms with Crippen LogP contribution in [-0.4, -0.2) is 9.78 Å². The first-order chi connectivity index (χ1) is 9.72. The summed E-state index contributed by atoms with van der Waals surface area (Å²) in [5.74, 6) is 0.837. The smallest absolute Gasteiger partial charge is 0.0727 e. The highest BCUT2D eigenvalue weighted by atomic mass is 35.5. The molecule has 1 aromatic heterocycles. The monoisotopic (exact) mass is 307 g/mol. The number of hydrogen-bond donors (Lipinski definition) is 1. The van der Waals surface area contributed by atoms with Crippen LogP contribution in [-0.2, 0) is 5.75 Å². The maximum Gasteiger partial charge on any atom is 0.0727 e. The molecule has 2 aromatic rings. The average molecular weight is 308 g/mol. The third-order valence-corrected chi connectivity index (χ3v) is 5.23. The first-order valence-corrected chi connectivity index (χ1v) is 8.30. The highest BCUT2D eigenvalue weighted by Crippen LogP contribution is 2.32. The lowest BCUT2D eigenvalue weighted by Gasteiger charge is -2.08. The van der Waals surface area contributed by atoms with Crippen molar-refractivity contribution in [3.8, 4) is 0 Å². The maximum absolute atomic E-state index is 6.18. The topological polar surface area (TPSA) is 43.8 Å². The van der Waals surface area contributed by atoms with Crippen LogP contribution in [0.3, 0.4) is 0 Å². The Labute approximate surface area is 128 Å². The number of nitrogens with two attached hydrogens (primary N) is 1. The van der Waals surface area contributed by atoms with Crippen LogP contribution in [0.15, 0.2) is 35.4 Å². The summed E-state index contributed by atoms with van der Waals surface area (Å²) in [4.78, 5) is 1.05. The fourth-order valence-electron chi connectivity index (χ4n) is 2.61. The van der Waals surface area contributed by atoms with Crippen molar-refractivity contribution >= 4 is 29.1 Å². The number of halogens is 1. The van der Waals surface area contributed by atoms with E-state index in [4.69, 9.17) is 17.3 Å². The van der Waals surface area contributed by atoms with Crippen LogP contribution in [0.1, 0.15) is 37.4 Å². The van der Waals surface area contributed by atoms with E-state index in [1.807, 2.05) is 12.1 Å². The fourth-order valence-corrected chi connectivity index (χ4v) is 3.78. The van der Waals surface area contributed by atoms with Crippen LogP contribution in [0.25, 0.3) is 0 Å². The summed E-state index contributed by atoms with van der Waals surface area (Å²) in [6.07, 6.45) is 7.29. The van der Waals surface area contributed by atoms with Gasteiger partial charge in [0.25, 0.3) is 0 Å². The van der Waals surface area contributed by atoms with Crippen molar-refractivity contribution in [1.82, 2.24) is 9.78 Å². The highest BCUT2D eigenvalue weighted by Gasteiger charge is 2.17. The molecule has 1 aromatic carbocycles. The van der Waals surface area contributed by atoms with E-state index in [2.05, 4.69) is 22.0 Å². The molecule has 1 saturated carbocycles. The van der Waals surface area contributed by atoms with Gasteiger partial charge in [0.1, 0.15) is 0 Å². The minimum absolute atomic E-state index is 0.605. The molecular weight excluding hydrogens is 290 g/mol. The van der Waals surface area contributed by atoms with Crippen molar-refractivity contribution in [2.24, 2.45) is 0 Å². The molecule has 3 nitrogen and oxygen atoms in total. The highest BCUT2D eigenvalue weighted by molar-refractivity contribution is 7.98. The SMILES string of the molecule is Nc1ccc(SCc2ccn(C3CCCC3)n2)c(Cl)c1. The van der Waals surface area contributed by atoms with Gasteiger partial charge in [-0.2, -0.15) is 5.10 Å². The number of rotatable bonds is 4. The van der Waals surface area contributed by atoms with E-state index >= 15 is 0 Å². The van der Waals surface area contributed by atoms with Gasteiger partial charge in [0.05, 0.1) is 16.8 Å². The molecule has 0 atom stereocenters. The molecule has 20 heavy (non-hydrogen) atoms. The second-order valence-corrected chi connectivity index (χ2v) is 6.63. The van der Waals surface area contributed by atoms with Gasteiger partial charge < -0.3 is 5.73 Å². The number of thioether (sulfide) groups is 1. The predicted octanol–water partition coefficient (Wildman–Crippen LogP) is 4.53. The Balaban J connectivity index is 1.63. The molecule has 1 fully saturated rings. The Kier molecular flexibility index (Phi) is 4.22. The number of aromatic nitrogens is 2. The number of hydrogen-bond acceptors (Lipinski definition) is 3. The van der Waals surface area contributed by atoms with Crippen LogP contribution in [0.4, 0.5) is 5.69 Å². The largest absolute Gasteiger partial charge is 0.399 e. The van der Waals surface area contributed by atoms with E-state index in [1.165, 1.54) is 25.7 Å². The predicted molar refractivity (Wildman–Crippen MR) is 85.2 cm³/mol. The molecule has 106 valence electrons. The zero-order chi connectivity index (χ0) is 13.9. The molecule has 5 heteroatoms. The van der Waals surface area contributed by atoms with Crippen LogP contribution >= 0.6 is 23.4 Å². The van der Waals surface area contributed by atoms with Gasteiger partial charge in [-0.3, -0.25) is 4.68 Å². The standard InChI is InChI=1S/C15H18ClN3S/c16-14-9-11(17)5-6-15(14)20-10-12-7-8-19(18-12)13-3-1-2-4-13/h5-9,13H,1-4,10,17H2. The van der Waals surface area contributed by atoms with Gasteiger partial charge in [0.15, 0.2) is 0 Å². The van der Waals surface area contributed by atoms with E-state index in [0.29, 0.717) is 16.8 Å². The third-order valence-electron chi connectivity index (χ3n) is 3.69. The zero-order valence-corrected chi connectivity index (χ0v) is 12.8. The van der Waals surface area contributed by atoms with Gasteiger partial charge in [-0.05, 0) is 37.1 Å². The van der Waals surface area contributed by atoms with Gasteiger partial charge in [-0.25, -0.2) is 0 Å².